The van der Waals surface area contributed by atoms with Gasteiger partial charge < -0.3 is 10.2 Å². The van der Waals surface area contributed by atoms with Crippen LogP contribution in [0.15, 0.2) is 48.8 Å². The third-order valence-corrected chi connectivity index (χ3v) is 4.57. The molecule has 1 aliphatic heterocycles. The van der Waals surface area contributed by atoms with Gasteiger partial charge in [0.1, 0.15) is 18.0 Å². The van der Waals surface area contributed by atoms with E-state index in [1.807, 2.05) is 43.3 Å². The van der Waals surface area contributed by atoms with Gasteiger partial charge in [-0.3, -0.25) is 0 Å². The number of hydrogen-bond donors (Lipinski definition) is 1. The van der Waals surface area contributed by atoms with Gasteiger partial charge in [-0.15, -0.1) is 0 Å². The summed E-state index contributed by atoms with van der Waals surface area (Å²) >= 11 is 0. The average Bonchev–Trinajstić information content (AvgIpc) is 3.08. The molecule has 0 spiro atoms. The van der Waals surface area contributed by atoms with Crippen LogP contribution in [-0.2, 0) is 0 Å². The molecule has 24 heavy (non-hydrogen) atoms. The molecular weight excluding hydrogens is 298 g/mol. The smallest absolute Gasteiger partial charge is 0.139 e. The largest absolute Gasteiger partial charge is 0.370 e. The van der Waals surface area contributed by atoms with E-state index in [2.05, 4.69) is 31.2 Å². The molecule has 3 heterocycles. The Bertz CT molecular complexity index is 843. The van der Waals surface area contributed by atoms with E-state index < -0.39 is 0 Å². The number of pyridine rings is 1. The lowest BCUT2D eigenvalue weighted by molar-refractivity contribution is 0.621. The first-order valence-electron chi connectivity index (χ1n) is 8.42. The minimum Gasteiger partial charge on any atom is -0.370 e. The standard InChI is InChI=1S/C19H21N5/c1-14-5-4-8-18(23-14)20-11-15-9-10-24(12-15)19-16-6-2-3-7-17(16)21-13-22-19/h2-8,13,15H,9-12H2,1H3,(H,20,23). The number of fused-ring (bicyclic) bond motifs is 1. The van der Waals surface area contributed by atoms with Crippen LogP contribution in [0.2, 0.25) is 0 Å². The molecule has 5 nitrogen and oxygen atoms in total. The summed E-state index contributed by atoms with van der Waals surface area (Å²) in [6.07, 6.45) is 2.83. The molecular formula is C19H21N5. The van der Waals surface area contributed by atoms with Gasteiger partial charge in [-0.2, -0.15) is 0 Å². The second kappa shape index (κ2) is 6.43. The van der Waals surface area contributed by atoms with Gasteiger partial charge in [-0.05, 0) is 43.5 Å². The average molecular weight is 319 g/mol. The van der Waals surface area contributed by atoms with Crippen molar-refractivity contribution in [2.45, 2.75) is 13.3 Å². The second-order valence-electron chi connectivity index (χ2n) is 6.36. The lowest BCUT2D eigenvalue weighted by Gasteiger charge is -2.19. The Morgan fingerprint density at radius 3 is 2.96 bits per heavy atom. The highest BCUT2D eigenvalue weighted by molar-refractivity contribution is 5.89. The van der Waals surface area contributed by atoms with E-state index >= 15 is 0 Å². The number of benzene rings is 1. The summed E-state index contributed by atoms with van der Waals surface area (Å²) in [5, 5.41) is 4.60. The van der Waals surface area contributed by atoms with Gasteiger partial charge in [0.05, 0.1) is 5.52 Å². The number of aromatic nitrogens is 3. The molecule has 1 atom stereocenters. The molecule has 5 heteroatoms. The predicted octanol–water partition coefficient (Wildman–Crippen LogP) is 3.27. The SMILES string of the molecule is Cc1cccc(NCC2CCN(c3ncnc4ccccc34)C2)n1. The molecule has 0 amide bonds. The maximum atomic E-state index is 4.54. The van der Waals surface area contributed by atoms with Gasteiger partial charge >= 0.3 is 0 Å². The molecule has 122 valence electrons. The van der Waals surface area contributed by atoms with E-state index in [1.165, 1.54) is 0 Å². The fourth-order valence-corrected chi connectivity index (χ4v) is 3.32. The minimum atomic E-state index is 0.598. The molecule has 0 aliphatic carbocycles. The van der Waals surface area contributed by atoms with Gasteiger partial charge in [-0.25, -0.2) is 15.0 Å². The summed E-state index contributed by atoms with van der Waals surface area (Å²) in [5.74, 6) is 2.61. The third-order valence-electron chi connectivity index (χ3n) is 4.57. The van der Waals surface area contributed by atoms with E-state index in [9.17, 15) is 0 Å². The third kappa shape index (κ3) is 3.02. The van der Waals surface area contributed by atoms with Crippen LogP contribution in [0.25, 0.3) is 10.9 Å². The Morgan fingerprint density at radius 2 is 2.04 bits per heavy atom. The van der Waals surface area contributed by atoms with E-state index in [-0.39, 0.29) is 0 Å². The fraction of sp³-hybridized carbons (Fsp3) is 0.316. The molecule has 0 radical (unpaired) electrons. The number of nitrogens with zero attached hydrogens (tertiary/aromatic N) is 4. The first-order valence-corrected chi connectivity index (χ1v) is 8.42. The maximum Gasteiger partial charge on any atom is 0.139 e. The van der Waals surface area contributed by atoms with Crippen molar-refractivity contribution in [2.24, 2.45) is 5.92 Å². The summed E-state index contributed by atoms with van der Waals surface area (Å²) in [6.45, 7) is 5.01. The fourth-order valence-electron chi connectivity index (χ4n) is 3.32. The van der Waals surface area contributed by atoms with Crippen LogP contribution >= 0.6 is 0 Å². The highest BCUT2D eigenvalue weighted by Crippen LogP contribution is 2.27. The van der Waals surface area contributed by atoms with Gasteiger partial charge in [0, 0.05) is 30.7 Å². The number of anilines is 2. The zero-order valence-corrected chi connectivity index (χ0v) is 13.8. The Kier molecular flexibility index (Phi) is 3.99. The van der Waals surface area contributed by atoms with Crippen LogP contribution in [-0.4, -0.2) is 34.6 Å². The lowest BCUT2D eigenvalue weighted by atomic mass is 10.1. The number of rotatable bonds is 4. The molecule has 1 unspecified atom stereocenters. The number of hydrogen-bond acceptors (Lipinski definition) is 5. The lowest BCUT2D eigenvalue weighted by Crippen LogP contribution is -2.23. The monoisotopic (exact) mass is 319 g/mol. The zero-order chi connectivity index (χ0) is 16.4. The Morgan fingerprint density at radius 1 is 1.12 bits per heavy atom. The quantitative estimate of drug-likeness (QED) is 0.800. The van der Waals surface area contributed by atoms with Crippen LogP contribution in [0.4, 0.5) is 11.6 Å². The van der Waals surface area contributed by atoms with E-state index in [1.54, 1.807) is 6.33 Å². The van der Waals surface area contributed by atoms with Crippen molar-refractivity contribution in [1.29, 1.82) is 0 Å². The maximum absolute atomic E-state index is 4.54. The molecule has 1 fully saturated rings. The predicted molar refractivity (Wildman–Crippen MR) is 97.3 cm³/mol. The molecule has 3 aromatic rings. The van der Waals surface area contributed by atoms with E-state index in [4.69, 9.17) is 0 Å². The summed E-state index contributed by atoms with van der Waals surface area (Å²) in [4.78, 5) is 15.8. The minimum absolute atomic E-state index is 0.598. The zero-order valence-electron chi connectivity index (χ0n) is 13.8. The van der Waals surface area contributed by atoms with E-state index in [0.29, 0.717) is 5.92 Å². The van der Waals surface area contributed by atoms with Crippen LogP contribution < -0.4 is 10.2 Å². The van der Waals surface area contributed by atoms with Crippen molar-refractivity contribution < 1.29 is 0 Å². The summed E-state index contributed by atoms with van der Waals surface area (Å²) in [7, 11) is 0. The Hall–Kier alpha value is -2.69. The van der Waals surface area contributed by atoms with Crippen LogP contribution in [0, 0.1) is 12.8 Å². The first-order chi connectivity index (χ1) is 11.8. The van der Waals surface area contributed by atoms with Crippen molar-refractivity contribution >= 4 is 22.5 Å². The van der Waals surface area contributed by atoms with Crippen LogP contribution in [0.3, 0.4) is 0 Å². The van der Waals surface area contributed by atoms with Crippen molar-refractivity contribution in [3.05, 3.63) is 54.5 Å². The van der Waals surface area contributed by atoms with Gasteiger partial charge in [0.2, 0.25) is 0 Å². The molecule has 1 aromatic carbocycles. The second-order valence-corrected chi connectivity index (χ2v) is 6.36. The summed E-state index contributed by atoms with van der Waals surface area (Å²) in [6, 6.07) is 14.3. The first kappa shape index (κ1) is 14.9. The van der Waals surface area contributed by atoms with Gasteiger partial charge in [0.15, 0.2) is 0 Å². The molecule has 0 bridgehead atoms. The Balaban J connectivity index is 1.44. The normalized spacial score (nSPS) is 17.4. The molecule has 2 aromatic heterocycles. The van der Waals surface area contributed by atoms with Gasteiger partial charge in [-0.1, -0.05) is 18.2 Å². The van der Waals surface area contributed by atoms with Crippen LogP contribution in [0.5, 0.6) is 0 Å². The molecule has 0 saturated carbocycles. The molecule has 1 N–H and O–H groups in total. The number of para-hydroxylation sites is 1. The number of aryl methyl sites for hydroxylation is 1. The highest BCUT2D eigenvalue weighted by atomic mass is 15.2. The number of nitrogens with one attached hydrogen (secondary N) is 1. The van der Waals surface area contributed by atoms with Gasteiger partial charge in [0.25, 0.3) is 0 Å². The van der Waals surface area contributed by atoms with Crippen LogP contribution in [0.1, 0.15) is 12.1 Å². The topological polar surface area (TPSA) is 53.9 Å². The van der Waals surface area contributed by atoms with Crippen molar-refractivity contribution in [3.63, 3.8) is 0 Å². The highest BCUT2D eigenvalue weighted by Gasteiger charge is 2.24. The molecule has 4 rings (SSSR count). The van der Waals surface area contributed by atoms with E-state index in [0.717, 1.165) is 54.3 Å². The Labute approximate surface area is 141 Å². The van der Waals surface area contributed by atoms with Crippen molar-refractivity contribution in [3.8, 4) is 0 Å². The summed E-state index contributed by atoms with van der Waals surface area (Å²) in [5.41, 5.74) is 2.05. The molecule has 1 saturated heterocycles. The van der Waals surface area contributed by atoms with Crippen molar-refractivity contribution in [1.82, 2.24) is 15.0 Å². The molecule has 1 aliphatic rings. The van der Waals surface area contributed by atoms with Crippen molar-refractivity contribution in [2.75, 3.05) is 29.9 Å². The summed E-state index contributed by atoms with van der Waals surface area (Å²) < 4.78 is 0.